The molecule has 100 valence electrons. The van der Waals surface area contributed by atoms with E-state index >= 15 is 0 Å². The number of aromatic carboxylic acids is 1. The lowest BCUT2D eigenvalue weighted by Crippen LogP contribution is -2.04. The molecule has 0 aromatic heterocycles. The van der Waals surface area contributed by atoms with Gasteiger partial charge in [0.25, 0.3) is 0 Å². The second kappa shape index (κ2) is 8.03. The van der Waals surface area contributed by atoms with Crippen molar-refractivity contribution < 1.29 is 14.6 Å². The van der Waals surface area contributed by atoms with Crippen LogP contribution in [0.1, 0.15) is 30.6 Å². The van der Waals surface area contributed by atoms with Crippen LogP contribution in [0.25, 0.3) is 0 Å². The van der Waals surface area contributed by atoms with Gasteiger partial charge in [0.2, 0.25) is 0 Å². The Morgan fingerprint density at radius 1 is 1.39 bits per heavy atom. The number of carboxylic acid groups (broad SMARTS) is 1. The first kappa shape index (κ1) is 14.9. The third-order valence-electron chi connectivity index (χ3n) is 2.70. The van der Waals surface area contributed by atoms with E-state index in [1.807, 2.05) is 11.8 Å². The van der Waals surface area contributed by atoms with Crippen LogP contribution in [0.2, 0.25) is 0 Å². The van der Waals surface area contributed by atoms with Gasteiger partial charge in [-0.3, -0.25) is 0 Å². The second-order valence-corrected chi connectivity index (χ2v) is 5.42. The van der Waals surface area contributed by atoms with Gasteiger partial charge in [0.15, 0.2) is 0 Å². The van der Waals surface area contributed by atoms with Crippen molar-refractivity contribution in [3.63, 3.8) is 0 Å². The number of thioether (sulfide) groups is 1. The molecular formula is C14H20O3S. The van der Waals surface area contributed by atoms with E-state index in [1.54, 1.807) is 24.3 Å². The van der Waals surface area contributed by atoms with Crippen LogP contribution in [0, 0.1) is 5.92 Å². The van der Waals surface area contributed by atoms with Crippen molar-refractivity contribution in [1.29, 1.82) is 0 Å². The number of benzene rings is 1. The maximum Gasteiger partial charge on any atom is 0.335 e. The lowest BCUT2D eigenvalue weighted by atomic mass is 10.2. The Hall–Kier alpha value is -1.16. The molecule has 0 aliphatic carbocycles. The van der Waals surface area contributed by atoms with Crippen LogP contribution in [-0.2, 0) is 0 Å². The molecule has 18 heavy (non-hydrogen) atoms. The molecule has 0 heterocycles. The first-order valence-corrected chi connectivity index (χ1v) is 7.32. The van der Waals surface area contributed by atoms with Crippen LogP contribution < -0.4 is 4.74 Å². The van der Waals surface area contributed by atoms with Crippen LogP contribution in [0.4, 0.5) is 0 Å². The van der Waals surface area contributed by atoms with E-state index in [-0.39, 0.29) is 5.56 Å². The fourth-order valence-electron chi connectivity index (χ4n) is 1.31. The van der Waals surface area contributed by atoms with Crippen molar-refractivity contribution in [2.24, 2.45) is 5.92 Å². The monoisotopic (exact) mass is 268 g/mol. The number of ether oxygens (including phenoxy) is 1. The Labute approximate surface area is 113 Å². The molecule has 0 fully saturated rings. The van der Waals surface area contributed by atoms with E-state index < -0.39 is 5.97 Å². The lowest BCUT2D eigenvalue weighted by molar-refractivity contribution is 0.0697. The van der Waals surface area contributed by atoms with Gasteiger partial charge in [-0.1, -0.05) is 20.3 Å². The van der Waals surface area contributed by atoms with Crippen molar-refractivity contribution in [3.05, 3.63) is 29.8 Å². The average Bonchev–Trinajstić information content (AvgIpc) is 2.38. The van der Waals surface area contributed by atoms with Crippen LogP contribution >= 0.6 is 11.8 Å². The Morgan fingerprint density at radius 3 is 2.61 bits per heavy atom. The molecule has 1 aromatic carbocycles. The first-order chi connectivity index (χ1) is 8.63. The van der Waals surface area contributed by atoms with Gasteiger partial charge in [0, 0.05) is 5.75 Å². The highest BCUT2D eigenvalue weighted by Gasteiger charge is 2.02. The number of hydrogen-bond donors (Lipinski definition) is 1. The summed E-state index contributed by atoms with van der Waals surface area (Å²) in [5.74, 6) is 2.70. The summed E-state index contributed by atoms with van der Waals surface area (Å²) in [5, 5.41) is 8.75. The molecule has 1 unspecified atom stereocenters. The van der Waals surface area contributed by atoms with Gasteiger partial charge in [0.05, 0.1) is 12.2 Å². The van der Waals surface area contributed by atoms with Crippen molar-refractivity contribution in [2.45, 2.75) is 20.3 Å². The fourth-order valence-corrected chi connectivity index (χ4v) is 2.32. The van der Waals surface area contributed by atoms with Crippen molar-refractivity contribution in [2.75, 3.05) is 18.1 Å². The van der Waals surface area contributed by atoms with E-state index in [2.05, 4.69) is 13.8 Å². The van der Waals surface area contributed by atoms with Gasteiger partial charge < -0.3 is 9.84 Å². The summed E-state index contributed by atoms with van der Waals surface area (Å²) in [6.45, 7) is 5.11. The molecule has 3 nitrogen and oxygen atoms in total. The minimum atomic E-state index is -0.911. The van der Waals surface area contributed by atoms with Crippen LogP contribution in [0.3, 0.4) is 0 Å². The molecule has 0 aliphatic rings. The maximum absolute atomic E-state index is 10.7. The summed E-state index contributed by atoms with van der Waals surface area (Å²) < 4.78 is 5.54. The summed E-state index contributed by atoms with van der Waals surface area (Å²) >= 11 is 1.89. The normalized spacial score (nSPS) is 12.1. The molecule has 1 aromatic rings. The smallest absolute Gasteiger partial charge is 0.335 e. The van der Waals surface area contributed by atoms with Crippen molar-refractivity contribution >= 4 is 17.7 Å². The standard InChI is InChI=1S/C14H20O3S/c1-3-11(2)10-18-9-8-17-13-6-4-12(5-7-13)14(15)16/h4-7,11H,3,8-10H2,1-2H3,(H,15,16). The first-order valence-electron chi connectivity index (χ1n) is 6.17. The van der Waals surface area contributed by atoms with Gasteiger partial charge in [-0.25, -0.2) is 4.79 Å². The van der Waals surface area contributed by atoms with Crippen LogP contribution in [-0.4, -0.2) is 29.2 Å². The third-order valence-corrected chi connectivity index (χ3v) is 3.96. The number of carboxylic acids is 1. The van der Waals surface area contributed by atoms with Crippen molar-refractivity contribution in [1.82, 2.24) is 0 Å². The maximum atomic E-state index is 10.7. The molecule has 0 saturated carbocycles. The fraction of sp³-hybridized carbons (Fsp3) is 0.500. The van der Waals surface area contributed by atoms with Gasteiger partial charge >= 0.3 is 5.97 Å². The molecule has 4 heteroatoms. The molecule has 0 spiro atoms. The zero-order valence-corrected chi connectivity index (χ0v) is 11.7. The zero-order chi connectivity index (χ0) is 13.4. The molecule has 0 aliphatic heterocycles. The van der Waals surface area contributed by atoms with Gasteiger partial charge in [-0.15, -0.1) is 0 Å². The summed E-state index contributed by atoms with van der Waals surface area (Å²) in [5.41, 5.74) is 0.286. The Bertz CT molecular complexity index is 362. The molecule has 1 rings (SSSR count). The highest BCUT2D eigenvalue weighted by Crippen LogP contribution is 2.14. The highest BCUT2D eigenvalue weighted by molar-refractivity contribution is 7.99. The predicted molar refractivity (Wildman–Crippen MR) is 75.7 cm³/mol. The van der Waals surface area contributed by atoms with E-state index in [4.69, 9.17) is 9.84 Å². The van der Waals surface area contributed by atoms with Gasteiger partial charge in [0.1, 0.15) is 5.75 Å². The van der Waals surface area contributed by atoms with E-state index in [0.29, 0.717) is 6.61 Å². The molecule has 0 saturated heterocycles. The minimum absolute atomic E-state index is 0.286. The predicted octanol–water partition coefficient (Wildman–Crippen LogP) is 3.54. The minimum Gasteiger partial charge on any atom is -0.493 e. The van der Waals surface area contributed by atoms with E-state index in [1.165, 1.54) is 6.42 Å². The lowest BCUT2D eigenvalue weighted by Gasteiger charge is -2.09. The summed E-state index contributed by atoms with van der Waals surface area (Å²) in [6, 6.07) is 6.51. The van der Waals surface area contributed by atoms with Gasteiger partial charge in [-0.05, 0) is 35.9 Å². The SMILES string of the molecule is CCC(C)CSCCOc1ccc(C(=O)O)cc1. The molecular weight excluding hydrogens is 248 g/mol. The number of rotatable bonds is 8. The number of carbonyl (C=O) groups is 1. The van der Waals surface area contributed by atoms with Gasteiger partial charge in [-0.2, -0.15) is 11.8 Å². The quantitative estimate of drug-likeness (QED) is 0.732. The van der Waals surface area contributed by atoms with E-state index in [9.17, 15) is 4.79 Å². The number of hydrogen-bond acceptors (Lipinski definition) is 3. The summed E-state index contributed by atoms with van der Waals surface area (Å²) in [7, 11) is 0. The third kappa shape index (κ3) is 5.45. The molecule has 0 bridgehead atoms. The molecule has 0 amide bonds. The highest BCUT2D eigenvalue weighted by atomic mass is 32.2. The summed E-state index contributed by atoms with van der Waals surface area (Å²) in [6.07, 6.45) is 1.21. The van der Waals surface area contributed by atoms with E-state index in [0.717, 1.165) is 23.2 Å². The molecule has 0 radical (unpaired) electrons. The topological polar surface area (TPSA) is 46.5 Å². The second-order valence-electron chi connectivity index (χ2n) is 4.27. The average molecular weight is 268 g/mol. The Kier molecular flexibility index (Phi) is 6.65. The largest absolute Gasteiger partial charge is 0.493 e. The molecule has 1 atom stereocenters. The van der Waals surface area contributed by atoms with Crippen LogP contribution in [0.5, 0.6) is 5.75 Å². The molecule has 1 N–H and O–H groups in total. The van der Waals surface area contributed by atoms with Crippen LogP contribution in [0.15, 0.2) is 24.3 Å². The zero-order valence-electron chi connectivity index (χ0n) is 10.9. The Morgan fingerprint density at radius 2 is 2.06 bits per heavy atom. The van der Waals surface area contributed by atoms with Crippen molar-refractivity contribution in [3.8, 4) is 5.75 Å². The Balaban J connectivity index is 2.21. The summed E-state index contributed by atoms with van der Waals surface area (Å²) in [4.78, 5) is 10.7.